The number of carbonyl (C=O) groups is 3. The van der Waals surface area contributed by atoms with E-state index in [2.05, 4.69) is 0 Å². The highest BCUT2D eigenvalue weighted by molar-refractivity contribution is 5.98. The fourth-order valence-electron chi connectivity index (χ4n) is 7.76. The van der Waals surface area contributed by atoms with Gasteiger partial charge in [-0.05, 0) is 55.8 Å². The third-order valence-electron chi connectivity index (χ3n) is 8.71. The first-order valence-electron chi connectivity index (χ1n) is 10.9. The molecule has 5 aliphatic carbocycles. The topological polar surface area (TPSA) is 89.9 Å². The highest BCUT2D eigenvalue weighted by Gasteiger charge is 2.67. The maximum absolute atomic E-state index is 12.7. The van der Waals surface area contributed by atoms with Crippen LogP contribution in [0, 0.1) is 47.3 Å². The summed E-state index contributed by atoms with van der Waals surface area (Å²) in [6.07, 6.45) is 7.33. The number of hydrogen-bond acceptors (Lipinski definition) is 6. The molecule has 0 aromatic carbocycles. The minimum absolute atomic E-state index is 0.0161. The maximum atomic E-state index is 12.7. The normalized spacial score (nSPS) is 47.5. The van der Waals surface area contributed by atoms with Crippen molar-refractivity contribution in [2.75, 3.05) is 0 Å². The summed E-state index contributed by atoms with van der Waals surface area (Å²) in [5.74, 6) is -2.11. The van der Waals surface area contributed by atoms with Gasteiger partial charge in [0.1, 0.15) is 0 Å². The monoisotopic (exact) mass is 386 g/mol. The van der Waals surface area contributed by atoms with Crippen molar-refractivity contribution in [3.05, 3.63) is 11.1 Å². The zero-order valence-corrected chi connectivity index (χ0v) is 15.8. The summed E-state index contributed by atoms with van der Waals surface area (Å²) in [4.78, 5) is 37.7. The summed E-state index contributed by atoms with van der Waals surface area (Å²) >= 11 is 0. The highest BCUT2D eigenvalue weighted by atomic mass is 16.6. The molecule has 2 aliphatic heterocycles. The van der Waals surface area contributed by atoms with E-state index in [1.807, 2.05) is 0 Å². The molecule has 6 heteroatoms. The van der Waals surface area contributed by atoms with Crippen LogP contribution in [-0.2, 0) is 23.9 Å². The second-order valence-corrected chi connectivity index (χ2v) is 9.70. The Balaban J connectivity index is 1.51. The zero-order chi connectivity index (χ0) is 19.2. The molecule has 2 saturated heterocycles. The van der Waals surface area contributed by atoms with E-state index in [0.29, 0.717) is 12.3 Å². The quantitative estimate of drug-likeness (QED) is 0.423. The first-order chi connectivity index (χ1) is 13.6. The minimum atomic E-state index is -1.05. The summed E-state index contributed by atoms with van der Waals surface area (Å²) in [6.45, 7) is 0. The molecule has 7 aliphatic rings. The fourth-order valence-corrected chi connectivity index (χ4v) is 7.76. The Labute approximate surface area is 163 Å². The van der Waals surface area contributed by atoms with Gasteiger partial charge in [0.05, 0.1) is 17.8 Å². The second-order valence-electron chi connectivity index (χ2n) is 9.70. The van der Waals surface area contributed by atoms with Crippen LogP contribution >= 0.6 is 0 Å². The van der Waals surface area contributed by atoms with Gasteiger partial charge < -0.3 is 14.6 Å². The molecule has 4 saturated carbocycles. The second kappa shape index (κ2) is 5.91. The third kappa shape index (κ3) is 2.10. The Kier molecular flexibility index (Phi) is 3.63. The Morgan fingerprint density at radius 2 is 1.46 bits per heavy atom. The van der Waals surface area contributed by atoms with Gasteiger partial charge in [-0.15, -0.1) is 0 Å². The van der Waals surface area contributed by atoms with E-state index in [1.54, 1.807) is 0 Å². The molecule has 0 aromatic heterocycles. The lowest BCUT2D eigenvalue weighted by molar-refractivity contribution is -0.158. The fraction of sp³-hybridized carbons (Fsp3) is 0.773. The number of carbonyl (C=O) groups excluding carboxylic acids is 3. The summed E-state index contributed by atoms with van der Waals surface area (Å²) in [5, 5.41) is 10.4. The zero-order valence-electron chi connectivity index (χ0n) is 15.8. The Morgan fingerprint density at radius 3 is 2.25 bits per heavy atom. The number of ether oxygens (including phenoxy) is 2. The summed E-state index contributed by atoms with van der Waals surface area (Å²) in [7, 11) is 0. The standard InChI is InChI=1S/C22H26O6/c23-19-13-8-12(9-4-2-1-3-5-9)14-10-6-7-11(15(14)18(13)22(26)27-19)17-16(10)20(24)28-21(17)25/h9-11,13,15-19,23H,1-8H2. The molecule has 8 atom stereocenters. The number of aliphatic hydroxyl groups is 1. The van der Waals surface area contributed by atoms with E-state index in [4.69, 9.17) is 9.47 Å². The number of allylic oxidation sites excluding steroid dienone is 2. The molecule has 0 aromatic rings. The van der Waals surface area contributed by atoms with Crippen LogP contribution in [0.2, 0.25) is 0 Å². The summed E-state index contributed by atoms with van der Waals surface area (Å²) in [6, 6.07) is 0. The largest absolute Gasteiger partial charge is 0.435 e. The smallest absolute Gasteiger partial charge is 0.318 e. The van der Waals surface area contributed by atoms with Crippen LogP contribution in [0.1, 0.15) is 51.4 Å². The summed E-state index contributed by atoms with van der Waals surface area (Å²) in [5.41, 5.74) is 2.66. The van der Waals surface area contributed by atoms with E-state index in [9.17, 15) is 19.5 Å². The maximum Gasteiger partial charge on any atom is 0.318 e. The Hall–Kier alpha value is -1.69. The van der Waals surface area contributed by atoms with Crippen molar-refractivity contribution in [1.29, 1.82) is 0 Å². The van der Waals surface area contributed by atoms with Crippen molar-refractivity contribution in [1.82, 2.24) is 0 Å². The third-order valence-corrected chi connectivity index (χ3v) is 8.71. The van der Waals surface area contributed by atoms with Crippen LogP contribution in [0.5, 0.6) is 0 Å². The molecular weight excluding hydrogens is 360 g/mol. The van der Waals surface area contributed by atoms with E-state index < -0.39 is 18.2 Å². The van der Waals surface area contributed by atoms with Crippen molar-refractivity contribution in [3.63, 3.8) is 0 Å². The molecule has 2 heterocycles. The molecule has 2 bridgehead atoms. The summed E-state index contributed by atoms with van der Waals surface area (Å²) < 4.78 is 10.3. The molecule has 28 heavy (non-hydrogen) atoms. The molecule has 0 spiro atoms. The minimum Gasteiger partial charge on any atom is -0.435 e. The van der Waals surface area contributed by atoms with Gasteiger partial charge in [-0.2, -0.15) is 0 Å². The van der Waals surface area contributed by atoms with Gasteiger partial charge in [0.2, 0.25) is 6.29 Å². The SMILES string of the molecule is O=C1OC(=O)C2C3CCC(C4=C(C5CCCCC5)CC5C(O)OC(=O)C5C43)C12. The van der Waals surface area contributed by atoms with Crippen molar-refractivity contribution < 1.29 is 29.0 Å². The van der Waals surface area contributed by atoms with E-state index in [0.717, 1.165) is 25.7 Å². The van der Waals surface area contributed by atoms with Gasteiger partial charge in [-0.3, -0.25) is 14.4 Å². The first-order valence-corrected chi connectivity index (χ1v) is 10.9. The average Bonchev–Trinajstić information content (AvgIpc) is 3.18. The van der Waals surface area contributed by atoms with Crippen LogP contribution in [0.15, 0.2) is 11.1 Å². The van der Waals surface area contributed by atoms with E-state index in [1.165, 1.54) is 30.4 Å². The van der Waals surface area contributed by atoms with Crippen LogP contribution in [-0.4, -0.2) is 29.3 Å². The molecule has 1 N–H and O–H groups in total. The highest BCUT2D eigenvalue weighted by Crippen LogP contribution is 2.65. The van der Waals surface area contributed by atoms with Gasteiger partial charge in [0.25, 0.3) is 0 Å². The lowest BCUT2D eigenvalue weighted by Gasteiger charge is -2.55. The molecule has 6 fully saturated rings. The van der Waals surface area contributed by atoms with Gasteiger partial charge in [-0.1, -0.05) is 30.4 Å². The van der Waals surface area contributed by atoms with Gasteiger partial charge >= 0.3 is 17.9 Å². The van der Waals surface area contributed by atoms with Crippen LogP contribution < -0.4 is 0 Å². The lowest BCUT2D eigenvalue weighted by atomic mass is 9.46. The van der Waals surface area contributed by atoms with Crippen molar-refractivity contribution in [3.8, 4) is 0 Å². The van der Waals surface area contributed by atoms with Crippen molar-refractivity contribution >= 4 is 17.9 Å². The number of fused-ring (bicyclic) bond motifs is 2. The first kappa shape index (κ1) is 17.2. The Bertz CT molecular complexity index is 793. The van der Waals surface area contributed by atoms with Crippen LogP contribution in [0.4, 0.5) is 0 Å². The number of hydrogen-bond donors (Lipinski definition) is 1. The number of aliphatic hydroxyl groups excluding tert-OH is 1. The van der Waals surface area contributed by atoms with Gasteiger partial charge in [0, 0.05) is 5.92 Å². The molecule has 0 amide bonds. The molecule has 8 unspecified atom stereocenters. The van der Waals surface area contributed by atoms with Gasteiger partial charge in [0.15, 0.2) is 0 Å². The average molecular weight is 386 g/mol. The molecule has 0 radical (unpaired) electrons. The number of rotatable bonds is 1. The Morgan fingerprint density at radius 1 is 0.750 bits per heavy atom. The van der Waals surface area contributed by atoms with E-state index >= 15 is 0 Å². The van der Waals surface area contributed by atoms with E-state index in [-0.39, 0.29) is 47.4 Å². The lowest BCUT2D eigenvalue weighted by Crippen LogP contribution is -2.54. The predicted molar refractivity (Wildman–Crippen MR) is 95.1 cm³/mol. The molecular formula is C22H26O6. The molecule has 7 rings (SSSR count). The van der Waals surface area contributed by atoms with Crippen molar-refractivity contribution in [2.24, 2.45) is 47.3 Å². The van der Waals surface area contributed by atoms with Crippen molar-refractivity contribution in [2.45, 2.75) is 57.7 Å². The number of cyclic esters (lactones) is 3. The molecule has 6 nitrogen and oxygen atoms in total. The number of esters is 3. The van der Waals surface area contributed by atoms with Gasteiger partial charge in [-0.25, -0.2) is 0 Å². The van der Waals surface area contributed by atoms with Crippen LogP contribution in [0.3, 0.4) is 0 Å². The predicted octanol–water partition coefficient (Wildman–Crippen LogP) is 2.35. The van der Waals surface area contributed by atoms with Crippen LogP contribution in [0.25, 0.3) is 0 Å². The molecule has 150 valence electrons.